The highest BCUT2D eigenvalue weighted by atomic mass is 35.5. The summed E-state index contributed by atoms with van der Waals surface area (Å²) in [6.45, 7) is 2.90. The first-order chi connectivity index (χ1) is 25.4. The Labute approximate surface area is 312 Å². The van der Waals surface area contributed by atoms with Crippen LogP contribution in [-0.4, -0.2) is 71.4 Å². The number of amidine groups is 2. The fraction of sp³-hybridized carbons (Fsp3) is 0.250. The molecule has 1 fully saturated rings. The van der Waals surface area contributed by atoms with Gasteiger partial charge in [0.1, 0.15) is 29.2 Å². The molecule has 1 atom stereocenters. The van der Waals surface area contributed by atoms with Gasteiger partial charge in [-0.1, -0.05) is 48.0 Å². The molecule has 2 aliphatic heterocycles. The van der Waals surface area contributed by atoms with Gasteiger partial charge in [0.05, 0.1) is 30.5 Å². The van der Waals surface area contributed by atoms with Crippen LogP contribution in [0.3, 0.4) is 0 Å². The first-order valence-electron chi connectivity index (χ1n) is 17.2. The topological polar surface area (TPSA) is 185 Å². The van der Waals surface area contributed by atoms with E-state index in [0.717, 1.165) is 29.5 Å². The van der Waals surface area contributed by atoms with Crippen LogP contribution in [0.2, 0.25) is 5.02 Å². The molecular formula is C40H40ClN7O5. The van der Waals surface area contributed by atoms with Crippen molar-refractivity contribution in [2.75, 3.05) is 25.1 Å². The standard InChI is InChI=1S/C40H40ClN7O5/c1-23(42)48-34-12-11-30(53-2)20-31(34)37(26-6-9-29(41)10-7-26)46-33(38(48)43)21-36(50)45-22-24-4-3-5-27(18-24)25-14-16-47(17-15-25)40(52)28-8-13-35(49)32(19-28)39(44)51/h3-13,18-20,25,33,42-43,49H,14-17,21-22H2,1-2H3,(H2,44,51)(H,45,50). The minimum Gasteiger partial charge on any atom is -0.507 e. The number of halogens is 1. The highest BCUT2D eigenvalue weighted by Gasteiger charge is 2.32. The molecule has 0 saturated carbocycles. The molecule has 4 aromatic rings. The largest absolute Gasteiger partial charge is 0.507 e. The summed E-state index contributed by atoms with van der Waals surface area (Å²) < 4.78 is 5.50. The van der Waals surface area contributed by atoms with Crippen molar-refractivity contribution >= 4 is 52.4 Å². The number of ether oxygens (including phenoxy) is 1. The Kier molecular flexibility index (Phi) is 10.9. The zero-order valence-corrected chi connectivity index (χ0v) is 30.1. The van der Waals surface area contributed by atoms with Crippen LogP contribution < -0.4 is 20.7 Å². The van der Waals surface area contributed by atoms with Gasteiger partial charge in [-0.15, -0.1) is 0 Å². The number of nitrogens with one attached hydrogen (secondary N) is 3. The number of rotatable bonds is 9. The van der Waals surface area contributed by atoms with E-state index in [4.69, 9.17) is 37.9 Å². The van der Waals surface area contributed by atoms with E-state index in [0.29, 0.717) is 46.4 Å². The lowest BCUT2D eigenvalue weighted by molar-refractivity contribution is -0.121. The van der Waals surface area contributed by atoms with Crippen LogP contribution in [0.4, 0.5) is 5.69 Å². The van der Waals surface area contributed by atoms with Gasteiger partial charge in [-0.2, -0.15) is 0 Å². The quantitative estimate of drug-likeness (QED) is 0.106. The molecular weight excluding hydrogens is 694 g/mol. The van der Waals surface area contributed by atoms with Crippen molar-refractivity contribution < 1.29 is 24.2 Å². The molecule has 3 amide bonds. The molecule has 0 bridgehead atoms. The maximum atomic E-state index is 13.5. The van der Waals surface area contributed by atoms with Crippen molar-refractivity contribution in [2.24, 2.45) is 10.7 Å². The summed E-state index contributed by atoms with van der Waals surface area (Å²) in [5, 5.41) is 31.2. The van der Waals surface area contributed by atoms with Gasteiger partial charge in [0.2, 0.25) is 5.91 Å². The smallest absolute Gasteiger partial charge is 0.253 e. The number of amides is 3. The van der Waals surface area contributed by atoms with E-state index in [1.807, 2.05) is 36.4 Å². The third-order valence-corrected chi connectivity index (χ3v) is 9.83. The lowest BCUT2D eigenvalue weighted by Gasteiger charge is -2.32. The molecule has 0 spiro atoms. The highest BCUT2D eigenvalue weighted by Crippen LogP contribution is 2.34. The third kappa shape index (κ3) is 8.07. The summed E-state index contributed by atoms with van der Waals surface area (Å²) in [6.07, 6.45) is 1.35. The van der Waals surface area contributed by atoms with E-state index in [-0.39, 0.29) is 53.7 Å². The maximum Gasteiger partial charge on any atom is 0.253 e. The molecule has 6 N–H and O–H groups in total. The van der Waals surface area contributed by atoms with Crippen molar-refractivity contribution in [3.05, 3.63) is 123 Å². The number of carbonyl (C=O) groups excluding carboxylic acids is 3. The number of nitrogens with two attached hydrogens (primary N) is 1. The molecule has 0 aliphatic carbocycles. The fourth-order valence-corrected chi connectivity index (χ4v) is 6.93. The van der Waals surface area contributed by atoms with Crippen LogP contribution >= 0.6 is 11.6 Å². The number of anilines is 1. The molecule has 272 valence electrons. The average Bonchev–Trinajstić information content (AvgIpc) is 3.27. The Balaban J connectivity index is 1.13. The second-order valence-electron chi connectivity index (χ2n) is 13.1. The Hall–Kier alpha value is -6.01. The Morgan fingerprint density at radius 3 is 2.43 bits per heavy atom. The average molecular weight is 734 g/mol. The van der Waals surface area contributed by atoms with Crippen LogP contribution in [0.25, 0.3) is 0 Å². The Bertz CT molecular complexity index is 2130. The van der Waals surface area contributed by atoms with Crippen LogP contribution in [0.1, 0.15) is 75.1 Å². The molecule has 2 aliphatic rings. The number of methoxy groups -OCH3 is 1. The molecule has 53 heavy (non-hydrogen) atoms. The van der Waals surface area contributed by atoms with Gasteiger partial charge < -0.3 is 25.8 Å². The second-order valence-corrected chi connectivity index (χ2v) is 13.5. The van der Waals surface area contributed by atoms with E-state index in [9.17, 15) is 19.5 Å². The molecule has 12 nitrogen and oxygen atoms in total. The molecule has 0 radical (unpaired) electrons. The Morgan fingerprint density at radius 1 is 1.02 bits per heavy atom. The summed E-state index contributed by atoms with van der Waals surface area (Å²) in [4.78, 5) is 46.5. The van der Waals surface area contributed by atoms with Gasteiger partial charge in [0.15, 0.2) is 0 Å². The van der Waals surface area contributed by atoms with Gasteiger partial charge in [-0.05, 0) is 85.3 Å². The number of phenols is 1. The SMILES string of the molecule is COc1ccc2c(c1)C(c1ccc(Cl)cc1)=NC(CC(=O)NCc1cccc(C3CCN(C(=O)c4ccc(O)c(C(N)=O)c4)CC3)c1)C(=N)N2C(C)=N. The number of hydrogen-bond donors (Lipinski definition) is 5. The van der Waals surface area contributed by atoms with Gasteiger partial charge in [-0.3, -0.25) is 35.1 Å². The van der Waals surface area contributed by atoms with Crippen molar-refractivity contribution in [1.29, 1.82) is 10.8 Å². The molecule has 13 heteroatoms. The number of carbonyl (C=O) groups is 3. The number of nitrogens with zero attached hydrogens (tertiary/aromatic N) is 3. The van der Waals surface area contributed by atoms with Crippen LogP contribution in [0.5, 0.6) is 11.5 Å². The number of aliphatic imine (C=N–C) groups is 1. The summed E-state index contributed by atoms with van der Waals surface area (Å²) >= 11 is 6.19. The molecule has 6 rings (SSSR count). The zero-order chi connectivity index (χ0) is 37.8. The van der Waals surface area contributed by atoms with Crippen molar-refractivity contribution in [3.63, 3.8) is 0 Å². The number of primary amides is 1. The summed E-state index contributed by atoms with van der Waals surface area (Å²) in [5.41, 5.74) is 10.1. The lowest BCUT2D eigenvalue weighted by atomic mass is 9.88. The molecule has 0 aromatic heterocycles. The number of likely N-dealkylation sites (tertiary alicyclic amines) is 1. The van der Waals surface area contributed by atoms with Crippen molar-refractivity contribution in [3.8, 4) is 11.5 Å². The number of hydrogen-bond acceptors (Lipinski definition) is 8. The van der Waals surface area contributed by atoms with Gasteiger partial charge in [-0.25, -0.2) is 0 Å². The van der Waals surface area contributed by atoms with E-state index < -0.39 is 11.9 Å². The summed E-state index contributed by atoms with van der Waals surface area (Å²) in [5.74, 6) is -0.666. The first-order valence-corrected chi connectivity index (χ1v) is 17.5. The zero-order valence-electron chi connectivity index (χ0n) is 29.4. The molecule has 1 unspecified atom stereocenters. The number of fused-ring (bicyclic) bond motifs is 1. The number of benzodiazepines with no additional fused rings is 1. The van der Waals surface area contributed by atoms with Crippen LogP contribution in [0.15, 0.2) is 89.9 Å². The van der Waals surface area contributed by atoms with Gasteiger partial charge in [0.25, 0.3) is 11.8 Å². The van der Waals surface area contributed by atoms with Gasteiger partial charge in [0, 0.05) is 41.3 Å². The molecule has 4 aromatic carbocycles. The Morgan fingerprint density at radius 2 is 1.75 bits per heavy atom. The summed E-state index contributed by atoms with van der Waals surface area (Å²) in [7, 11) is 1.57. The van der Waals surface area contributed by atoms with Crippen molar-refractivity contribution in [1.82, 2.24) is 10.2 Å². The van der Waals surface area contributed by atoms with Crippen LogP contribution in [0, 0.1) is 10.8 Å². The highest BCUT2D eigenvalue weighted by molar-refractivity contribution is 6.31. The van der Waals surface area contributed by atoms with E-state index in [2.05, 4.69) is 11.4 Å². The van der Waals surface area contributed by atoms with Crippen LogP contribution in [-0.2, 0) is 11.3 Å². The predicted octanol–water partition coefficient (Wildman–Crippen LogP) is 5.88. The number of aromatic hydroxyl groups is 1. The minimum atomic E-state index is -0.887. The second kappa shape index (κ2) is 15.7. The first kappa shape index (κ1) is 36.8. The van der Waals surface area contributed by atoms with Crippen molar-refractivity contribution in [2.45, 2.75) is 44.7 Å². The molecule has 1 saturated heterocycles. The lowest BCUT2D eigenvalue weighted by Crippen LogP contribution is -2.42. The number of benzene rings is 4. The fourth-order valence-electron chi connectivity index (χ4n) is 6.80. The normalized spacial score (nSPS) is 15.9. The molecule has 2 heterocycles. The van der Waals surface area contributed by atoms with Gasteiger partial charge >= 0.3 is 0 Å². The van der Waals surface area contributed by atoms with E-state index in [1.165, 1.54) is 23.1 Å². The monoisotopic (exact) mass is 733 g/mol. The third-order valence-electron chi connectivity index (χ3n) is 9.58. The van der Waals surface area contributed by atoms with E-state index >= 15 is 0 Å². The van der Waals surface area contributed by atoms with E-state index in [1.54, 1.807) is 43.2 Å². The maximum absolute atomic E-state index is 13.5. The number of piperidine rings is 1. The summed E-state index contributed by atoms with van der Waals surface area (Å²) in [6, 6.07) is 23.8. The predicted molar refractivity (Wildman–Crippen MR) is 205 cm³/mol. The minimum absolute atomic E-state index is 0.00794.